The third-order valence-corrected chi connectivity index (χ3v) is 11.5. The molecule has 176 valence electrons. The summed E-state index contributed by atoms with van der Waals surface area (Å²) in [5.74, 6) is 4.23. The molecular weight excluding hydrogens is 384 g/mol. The van der Waals surface area contributed by atoms with Crippen LogP contribution in [0, 0.1) is 51.8 Å². The number of aldehydes is 1. The van der Waals surface area contributed by atoms with Gasteiger partial charge in [-0.25, -0.2) is 0 Å². The molecule has 0 bridgehead atoms. The molecule has 5 rings (SSSR count). The Morgan fingerprint density at radius 2 is 1.52 bits per heavy atom. The zero-order valence-electron chi connectivity index (χ0n) is 20.5. The van der Waals surface area contributed by atoms with Crippen molar-refractivity contribution in [2.75, 3.05) is 0 Å². The van der Waals surface area contributed by atoms with Crippen LogP contribution in [-0.4, -0.2) is 17.4 Å². The Morgan fingerprint density at radius 1 is 0.871 bits per heavy atom. The first-order valence-corrected chi connectivity index (χ1v) is 13.4. The molecule has 5 saturated carbocycles. The summed E-state index contributed by atoms with van der Waals surface area (Å²) in [6.07, 6.45) is 16.8. The molecule has 3 heteroatoms. The van der Waals surface area contributed by atoms with Crippen LogP contribution >= 0.6 is 0 Å². The van der Waals surface area contributed by atoms with Gasteiger partial charge in [-0.15, -0.1) is 0 Å². The molecule has 0 radical (unpaired) electrons. The number of hydrogen-bond acceptors (Lipinski definition) is 2. The average molecular weight is 431 g/mol. The highest BCUT2D eigenvalue weighted by atomic mass is 16.4. The molecule has 0 amide bonds. The number of carboxylic acid groups (broad SMARTS) is 1. The predicted octanol–water partition coefficient (Wildman–Crippen LogP) is 7.13. The molecule has 0 aromatic heterocycles. The topological polar surface area (TPSA) is 54.4 Å². The second-order valence-electron chi connectivity index (χ2n) is 12.5. The van der Waals surface area contributed by atoms with Crippen molar-refractivity contribution in [3.8, 4) is 0 Å². The molecule has 0 aromatic carbocycles. The van der Waals surface area contributed by atoms with Gasteiger partial charge in [0.15, 0.2) is 0 Å². The third kappa shape index (κ3) is 3.43. The highest BCUT2D eigenvalue weighted by molar-refractivity contribution is 5.75. The van der Waals surface area contributed by atoms with Crippen molar-refractivity contribution in [3.63, 3.8) is 0 Å². The molecule has 9 atom stereocenters. The van der Waals surface area contributed by atoms with E-state index in [4.69, 9.17) is 0 Å². The molecule has 1 N–H and O–H groups in total. The molecule has 0 spiro atoms. The summed E-state index contributed by atoms with van der Waals surface area (Å²) in [5, 5.41) is 10.1. The van der Waals surface area contributed by atoms with Crippen molar-refractivity contribution in [2.45, 2.75) is 111 Å². The number of rotatable bonds is 2. The van der Waals surface area contributed by atoms with Crippen LogP contribution in [0.2, 0.25) is 0 Å². The monoisotopic (exact) mass is 430 g/mol. The Labute approximate surface area is 190 Å². The smallest absolute Gasteiger partial charge is 0.309 e. The fourth-order valence-electron chi connectivity index (χ4n) is 10.3. The predicted molar refractivity (Wildman–Crippen MR) is 125 cm³/mol. The number of carboxylic acids is 1. The van der Waals surface area contributed by atoms with Crippen LogP contribution in [-0.2, 0) is 9.59 Å². The van der Waals surface area contributed by atoms with Crippen LogP contribution in [0.5, 0.6) is 0 Å². The molecule has 5 aliphatic rings. The molecule has 0 heterocycles. The fraction of sp³-hybridized carbons (Fsp3) is 0.929. The molecular formula is C28H46O3. The number of carbonyl (C=O) groups is 2. The summed E-state index contributed by atoms with van der Waals surface area (Å²) >= 11 is 0. The minimum Gasteiger partial charge on any atom is -0.481 e. The molecule has 0 aromatic rings. The normalized spacial score (nSPS) is 50.6. The Kier molecular flexibility index (Phi) is 6.38. The summed E-state index contributed by atoms with van der Waals surface area (Å²) < 4.78 is 0. The van der Waals surface area contributed by atoms with Gasteiger partial charge in [0.25, 0.3) is 0 Å². The first kappa shape index (κ1) is 23.3. The molecule has 0 aliphatic heterocycles. The van der Waals surface area contributed by atoms with E-state index < -0.39 is 5.97 Å². The molecule has 31 heavy (non-hydrogen) atoms. The van der Waals surface area contributed by atoms with E-state index in [9.17, 15) is 14.7 Å². The van der Waals surface area contributed by atoms with Crippen LogP contribution in [0.1, 0.15) is 111 Å². The molecule has 5 fully saturated rings. The van der Waals surface area contributed by atoms with E-state index in [0.29, 0.717) is 29.1 Å². The largest absolute Gasteiger partial charge is 0.481 e. The maximum atomic E-state index is 12.3. The van der Waals surface area contributed by atoms with E-state index in [1.165, 1.54) is 57.8 Å². The Balaban J connectivity index is 0.000000535. The zero-order chi connectivity index (χ0) is 22.4. The van der Waals surface area contributed by atoms with Crippen molar-refractivity contribution in [1.82, 2.24) is 0 Å². The van der Waals surface area contributed by atoms with Gasteiger partial charge in [-0.1, -0.05) is 47.0 Å². The number of hydrogen-bond donors (Lipinski definition) is 1. The van der Waals surface area contributed by atoms with Crippen LogP contribution in [0.15, 0.2) is 0 Å². The zero-order valence-corrected chi connectivity index (χ0v) is 20.5. The van der Waals surface area contributed by atoms with Crippen molar-refractivity contribution in [3.05, 3.63) is 0 Å². The van der Waals surface area contributed by atoms with Crippen molar-refractivity contribution in [1.29, 1.82) is 0 Å². The number of aliphatic carboxylic acids is 1. The molecule has 9 unspecified atom stereocenters. The van der Waals surface area contributed by atoms with Crippen molar-refractivity contribution < 1.29 is 14.7 Å². The summed E-state index contributed by atoms with van der Waals surface area (Å²) in [6.45, 7) is 9.65. The third-order valence-electron chi connectivity index (χ3n) is 11.5. The van der Waals surface area contributed by atoms with E-state index in [0.717, 1.165) is 49.2 Å². The van der Waals surface area contributed by atoms with Crippen molar-refractivity contribution >= 4 is 12.3 Å². The van der Waals surface area contributed by atoms with E-state index in [1.807, 2.05) is 6.92 Å². The van der Waals surface area contributed by atoms with E-state index in [1.54, 1.807) is 0 Å². The molecule has 3 nitrogen and oxygen atoms in total. The fourth-order valence-corrected chi connectivity index (χ4v) is 10.3. The van der Waals surface area contributed by atoms with Crippen LogP contribution in [0.25, 0.3) is 0 Å². The van der Waals surface area contributed by atoms with Crippen LogP contribution < -0.4 is 0 Å². The lowest BCUT2D eigenvalue weighted by Crippen LogP contribution is -2.60. The van der Waals surface area contributed by atoms with E-state index in [-0.39, 0.29) is 5.41 Å². The Bertz CT molecular complexity index is 688. The minimum atomic E-state index is -0.465. The van der Waals surface area contributed by atoms with Crippen LogP contribution in [0.3, 0.4) is 0 Å². The van der Waals surface area contributed by atoms with E-state index in [2.05, 4.69) is 20.8 Å². The second kappa shape index (κ2) is 8.49. The number of carbonyl (C=O) groups excluding carboxylic acids is 1. The quantitative estimate of drug-likeness (QED) is 0.474. The van der Waals surface area contributed by atoms with Gasteiger partial charge in [0.1, 0.15) is 6.29 Å². The van der Waals surface area contributed by atoms with Gasteiger partial charge < -0.3 is 9.90 Å². The summed E-state index contributed by atoms with van der Waals surface area (Å²) in [6, 6.07) is 0. The lowest BCUT2D eigenvalue weighted by molar-refractivity contribution is -0.190. The Hall–Kier alpha value is -0.860. The van der Waals surface area contributed by atoms with Gasteiger partial charge in [-0.05, 0) is 104 Å². The first-order chi connectivity index (χ1) is 14.7. The SMILES string of the molecule is CC1CCCC2(C)C1CCC1(C)C3CCC4(C(=O)O)CCCC4C3CCC21.CCC=O. The standard InChI is InChI=1S/C25H40O2.C3H6O/c1-16-6-4-12-23(2)18(16)10-14-24(3)19-11-15-25(22(26)27)13-5-7-20(25)17(19)8-9-21(23)24;1-2-3-4/h16-21H,4-15H2,1-3H3,(H,26,27);3H,2H2,1H3. The van der Waals surface area contributed by atoms with Gasteiger partial charge in [-0.2, -0.15) is 0 Å². The van der Waals surface area contributed by atoms with Gasteiger partial charge in [-0.3, -0.25) is 4.79 Å². The minimum absolute atomic E-state index is 0.356. The number of fused-ring (bicyclic) bond motifs is 7. The van der Waals surface area contributed by atoms with E-state index >= 15 is 0 Å². The van der Waals surface area contributed by atoms with Gasteiger partial charge in [0.05, 0.1) is 5.41 Å². The lowest BCUT2D eigenvalue weighted by atomic mass is 9.38. The average Bonchev–Trinajstić information content (AvgIpc) is 3.19. The first-order valence-electron chi connectivity index (χ1n) is 13.4. The summed E-state index contributed by atoms with van der Waals surface area (Å²) in [5.41, 5.74) is 0.663. The van der Waals surface area contributed by atoms with Crippen molar-refractivity contribution in [2.24, 2.45) is 51.8 Å². The summed E-state index contributed by atoms with van der Waals surface area (Å²) in [7, 11) is 0. The lowest BCUT2D eigenvalue weighted by Gasteiger charge is -2.67. The van der Waals surface area contributed by atoms with Gasteiger partial charge in [0, 0.05) is 6.42 Å². The van der Waals surface area contributed by atoms with Gasteiger partial charge >= 0.3 is 5.97 Å². The Morgan fingerprint density at radius 3 is 2.19 bits per heavy atom. The van der Waals surface area contributed by atoms with Gasteiger partial charge in [0.2, 0.25) is 0 Å². The molecule has 5 aliphatic carbocycles. The summed E-state index contributed by atoms with van der Waals surface area (Å²) in [4.78, 5) is 21.4. The highest BCUT2D eigenvalue weighted by Gasteiger charge is 2.65. The maximum absolute atomic E-state index is 12.3. The molecule has 0 saturated heterocycles. The van der Waals surface area contributed by atoms with Crippen LogP contribution in [0.4, 0.5) is 0 Å². The maximum Gasteiger partial charge on any atom is 0.309 e. The second-order valence-corrected chi connectivity index (χ2v) is 12.5. The highest BCUT2D eigenvalue weighted by Crippen LogP contribution is 2.71.